The van der Waals surface area contributed by atoms with Crippen LogP contribution in [0.3, 0.4) is 0 Å². The van der Waals surface area contributed by atoms with E-state index in [1.807, 2.05) is 0 Å². The molecule has 1 nitrogen and oxygen atoms in total. The maximum absolute atomic E-state index is 10.5. The van der Waals surface area contributed by atoms with Crippen molar-refractivity contribution in [2.24, 2.45) is 34.5 Å². The van der Waals surface area contributed by atoms with E-state index in [0.29, 0.717) is 5.41 Å². The molecular weight excluding hydrogens is 276 g/mol. The Balaban J connectivity index is 1.47. The lowest BCUT2D eigenvalue weighted by Crippen LogP contribution is -2.54. The summed E-state index contributed by atoms with van der Waals surface area (Å²) in [7, 11) is 0. The highest BCUT2D eigenvalue weighted by Gasteiger charge is 2.63. The van der Waals surface area contributed by atoms with Crippen LogP contribution in [0.15, 0.2) is 0 Å². The van der Waals surface area contributed by atoms with E-state index < -0.39 is 0 Å². The first kappa shape index (κ1) is 13.7. The number of aliphatic hydroxyl groups excluding tert-OH is 1. The summed E-state index contributed by atoms with van der Waals surface area (Å²) in [5, 5.41) is 12.6. The number of fused-ring (bicyclic) bond motifs is 6. The molecule has 5 rings (SSSR count). The van der Waals surface area contributed by atoms with Gasteiger partial charge in [0.25, 0.3) is 0 Å². The van der Waals surface area contributed by atoms with Gasteiger partial charge in [0.05, 0.1) is 6.10 Å². The SMILES string of the molecule is C[C@]12C[C@H]3S[C@@H]3C[C@H]1CC[C@@H]1[C@@H]2CC[C@]2(C)C(O)CC[C@@H]12. The molecule has 0 amide bonds. The van der Waals surface area contributed by atoms with Crippen LogP contribution in [0.4, 0.5) is 0 Å². The second-order valence-electron chi connectivity index (χ2n) is 9.45. The zero-order valence-corrected chi connectivity index (χ0v) is 14.4. The van der Waals surface area contributed by atoms with Crippen LogP contribution in [0.1, 0.15) is 65.2 Å². The summed E-state index contributed by atoms with van der Waals surface area (Å²) >= 11 is 2.28. The lowest BCUT2D eigenvalue weighted by Gasteiger charge is -2.60. The minimum atomic E-state index is -0.0105. The first-order chi connectivity index (χ1) is 10.0. The van der Waals surface area contributed by atoms with E-state index >= 15 is 0 Å². The largest absolute Gasteiger partial charge is 0.393 e. The molecule has 0 aromatic heterocycles. The first-order valence-corrected chi connectivity index (χ1v) is 10.3. The Morgan fingerprint density at radius 1 is 0.905 bits per heavy atom. The van der Waals surface area contributed by atoms with Crippen LogP contribution in [-0.2, 0) is 0 Å². The number of rotatable bonds is 0. The van der Waals surface area contributed by atoms with Crippen molar-refractivity contribution in [2.45, 2.75) is 81.8 Å². The van der Waals surface area contributed by atoms with Gasteiger partial charge in [-0.2, -0.15) is 11.8 Å². The molecule has 4 aliphatic carbocycles. The third-order valence-electron chi connectivity index (χ3n) is 8.86. The van der Waals surface area contributed by atoms with Crippen LogP contribution in [0.5, 0.6) is 0 Å². The Bertz CT molecular complexity index is 464. The molecule has 5 fully saturated rings. The Hall–Kier alpha value is 0.310. The number of thioether (sulfide) groups is 1. The first-order valence-electron chi connectivity index (χ1n) is 9.36. The number of hydrogen-bond acceptors (Lipinski definition) is 2. The van der Waals surface area contributed by atoms with Gasteiger partial charge in [0.15, 0.2) is 0 Å². The molecule has 0 spiro atoms. The highest BCUT2D eigenvalue weighted by Crippen LogP contribution is 2.70. The minimum absolute atomic E-state index is 0.0105. The molecule has 5 aliphatic rings. The third kappa shape index (κ3) is 1.70. The monoisotopic (exact) mass is 306 g/mol. The molecule has 1 saturated heterocycles. The van der Waals surface area contributed by atoms with Gasteiger partial charge < -0.3 is 5.11 Å². The van der Waals surface area contributed by atoms with Crippen molar-refractivity contribution in [1.29, 1.82) is 0 Å². The topological polar surface area (TPSA) is 20.2 Å². The lowest BCUT2D eigenvalue weighted by atomic mass is 9.45. The van der Waals surface area contributed by atoms with Gasteiger partial charge in [-0.05, 0) is 85.9 Å². The molecule has 9 atom stereocenters. The fourth-order valence-corrected chi connectivity index (χ4v) is 8.86. The number of aliphatic hydroxyl groups is 1. The molecule has 0 aromatic carbocycles. The lowest BCUT2D eigenvalue weighted by molar-refractivity contribution is -0.116. The zero-order valence-electron chi connectivity index (χ0n) is 13.6. The molecule has 1 unspecified atom stereocenters. The Morgan fingerprint density at radius 2 is 1.71 bits per heavy atom. The Kier molecular flexibility index (Phi) is 2.76. The molecule has 0 bridgehead atoms. The average Bonchev–Trinajstić information content (AvgIpc) is 3.12. The van der Waals surface area contributed by atoms with Gasteiger partial charge >= 0.3 is 0 Å². The summed E-state index contributed by atoms with van der Waals surface area (Å²) < 4.78 is 0. The minimum Gasteiger partial charge on any atom is -0.393 e. The predicted octanol–water partition coefficient (Wildman–Crippen LogP) is 4.48. The average molecular weight is 307 g/mol. The van der Waals surface area contributed by atoms with Crippen LogP contribution in [0.2, 0.25) is 0 Å². The van der Waals surface area contributed by atoms with Crippen LogP contribution >= 0.6 is 11.8 Å². The van der Waals surface area contributed by atoms with Crippen molar-refractivity contribution in [3.63, 3.8) is 0 Å². The molecule has 4 saturated carbocycles. The summed E-state index contributed by atoms with van der Waals surface area (Å²) in [6, 6.07) is 0. The highest BCUT2D eigenvalue weighted by molar-refractivity contribution is 8.07. The van der Waals surface area contributed by atoms with E-state index in [2.05, 4.69) is 25.6 Å². The molecular formula is C19H30OS. The predicted molar refractivity (Wildman–Crippen MR) is 88.3 cm³/mol. The molecule has 21 heavy (non-hydrogen) atoms. The van der Waals surface area contributed by atoms with Gasteiger partial charge in [-0.3, -0.25) is 0 Å². The van der Waals surface area contributed by atoms with E-state index in [4.69, 9.17) is 0 Å². The summed E-state index contributed by atoms with van der Waals surface area (Å²) in [4.78, 5) is 0. The molecule has 1 N–H and O–H groups in total. The molecule has 118 valence electrons. The van der Waals surface area contributed by atoms with E-state index in [1.165, 1.54) is 44.9 Å². The van der Waals surface area contributed by atoms with Gasteiger partial charge in [0, 0.05) is 10.5 Å². The van der Waals surface area contributed by atoms with Crippen molar-refractivity contribution in [3.8, 4) is 0 Å². The Labute approximate surface area is 133 Å². The van der Waals surface area contributed by atoms with Crippen LogP contribution in [-0.4, -0.2) is 21.7 Å². The second-order valence-corrected chi connectivity index (χ2v) is 10.9. The van der Waals surface area contributed by atoms with Gasteiger partial charge in [-0.15, -0.1) is 0 Å². The van der Waals surface area contributed by atoms with Crippen molar-refractivity contribution in [1.82, 2.24) is 0 Å². The summed E-state index contributed by atoms with van der Waals surface area (Å²) in [5.41, 5.74) is 0.901. The molecule has 1 heterocycles. The van der Waals surface area contributed by atoms with Crippen LogP contribution < -0.4 is 0 Å². The zero-order chi connectivity index (χ0) is 14.4. The van der Waals surface area contributed by atoms with E-state index in [-0.39, 0.29) is 11.5 Å². The van der Waals surface area contributed by atoms with E-state index in [9.17, 15) is 5.11 Å². The normalized spacial score (nSPS) is 65.0. The smallest absolute Gasteiger partial charge is 0.0596 e. The van der Waals surface area contributed by atoms with Crippen molar-refractivity contribution in [3.05, 3.63) is 0 Å². The summed E-state index contributed by atoms with van der Waals surface area (Å²) in [5.74, 6) is 3.75. The van der Waals surface area contributed by atoms with E-state index in [1.54, 1.807) is 0 Å². The standard InChI is InChI=1S/C19H30OS/c1-18-8-7-14-12(13(18)5-6-17(18)20)4-3-11-9-15-16(21-15)10-19(11,14)2/h11-17,20H,3-10H2,1-2H3/t11-,12+,13+,14+,15-,16-,17?,18+,19+/m1/s1. The highest BCUT2D eigenvalue weighted by atomic mass is 32.2. The molecule has 0 radical (unpaired) electrons. The van der Waals surface area contributed by atoms with Crippen molar-refractivity contribution in [2.75, 3.05) is 0 Å². The maximum atomic E-state index is 10.5. The second kappa shape index (κ2) is 4.23. The van der Waals surface area contributed by atoms with Crippen LogP contribution in [0.25, 0.3) is 0 Å². The van der Waals surface area contributed by atoms with Crippen molar-refractivity contribution < 1.29 is 5.11 Å². The fourth-order valence-electron chi connectivity index (χ4n) is 7.49. The molecule has 0 aromatic rings. The molecule has 2 heteroatoms. The Morgan fingerprint density at radius 3 is 2.57 bits per heavy atom. The van der Waals surface area contributed by atoms with E-state index in [0.717, 1.165) is 40.6 Å². The quantitative estimate of drug-likeness (QED) is 0.666. The number of hydrogen-bond donors (Lipinski definition) is 1. The maximum Gasteiger partial charge on any atom is 0.0596 e. The van der Waals surface area contributed by atoms with Gasteiger partial charge in [0.2, 0.25) is 0 Å². The third-order valence-corrected chi connectivity index (χ3v) is 10.3. The summed E-state index contributed by atoms with van der Waals surface area (Å²) in [6.07, 6.45) is 11.1. The molecule has 1 aliphatic heterocycles. The van der Waals surface area contributed by atoms with Crippen LogP contribution in [0, 0.1) is 34.5 Å². The van der Waals surface area contributed by atoms with Crippen molar-refractivity contribution >= 4 is 11.8 Å². The fraction of sp³-hybridized carbons (Fsp3) is 1.00. The van der Waals surface area contributed by atoms with Gasteiger partial charge in [-0.25, -0.2) is 0 Å². The van der Waals surface area contributed by atoms with Gasteiger partial charge in [-0.1, -0.05) is 13.8 Å². The summed E-state index contributed by atoms with van der Waals surface area (Å²) in [6.45, 7) is 5.07. The van der Waals surface area contributed by atoms with Gasteiger partial charge in [0.1, 0.15) is 0 Å².